The van der Waals surface area contributed by atoms with Gasteiger partial charge in [0.25, 0.3) is 5.91 Å². The number of hydrogen-bond donors (Lipinski definition) is 3. The van der Waals surface area contributed by atoms with Crippen LogP contribution in [0.5, 0.6) is 5.75 Å². The molecule has 4 aromatic rings. The number of ether oxygens (including phenoxy) is 2. The Bertz CT molecular complexity index is 2110. The fourth-order valence-electron chi connectivity index (χ4n) is 8.83. The average Bonchev–Trinajstić information content (AvgIpc) is 3.24. The summed E-state index contributed by atoms with van der Waals surface area (Å²) < 4.78 is 11.6. The number of rotatable bonds is 13. The molecule has 0 radical (unpaired) electrons. The molecule has 13 nitrogen and oxygen atoms in total. The van der Waals surface area contributed by atoms with Gasteiger partial charge in [-0.05, 0) is 137 Å². The SMILES string of the molecule is Cc1cc(-c2ccnc(Nc3ccc(C4CCN(CC5CCN(c6ccc(OC7CCC(=O)NC7=O)cc6)CC5)CC4)cc3)n2)ccc1CNC(=O)N1CC(OC(C)C)C1. The van der Waals surface area contributed by atoms with Crippen LogP contribution in [0, 0.1) is 12.8 Å². The third kappa shape index (κ3) is 10.4. The number of amides is 4. The van der Waals surface area contributed by atoms with E-state index in [1.807, 2.05) is 38.1 Å². The van der Waals surface area contributed by atoms with Crippen molar-refractivity contribution in [1.82, 2.24) is 30.4 Å². The van der Waals surface area contributed by atoms with Crippen molar-refractivity contribution in [3.05, 3.63) is 95.7 Å². The lowest BCUT2D eigenvalue weighted by Gasteiger charge is -2.39. The van der Waals surface area contributed by atoms with E-state index in [1.54, 1.807) is 11.1 Å². The number of anilines is 3. The molecule has 4 aliphatic heterocycles. The maximum absolute atomic E-state index is 12.6. The van der Waals surface area contributed by atoms with Crippen molar-refractivity contribution in [1.29, 1.82) is 0 Å². The number of urea groups is 1. The van der Waals surface area contributed by atoms with Crippen LogP contribution in [-0.4, -0.2) is 102 Å². The molecule has 8 rings (SSSR count). The first-order valence-corrected chi connectivity index (χ1v) is 21.7. The summed E-state index contributed by atoms with van der Waals surface area (Å²) in [7, 11) is 0. The van der Waals surface area contributed by atoms with Gasteiger partial charge in [-0.25, -0.2) is 14.8 Å². The first-order valence-electron chi connectivity index (χ1n) is 21.7. The molecule has 60 heavy (non-hydrogen) atoms. The predicted molar refractivity (Wildman–Crippen MR) is 232 cm³/mol. The van der Waals surface area contributed by atoms with Crippen LogP contribution in [0.2, 0.25) is 0 Å². The van der Waals surface area contributed by atoms with E-state index in [9.17, 15) is 14.4 Å². The molecular formula is C47H58N8O5. The zero-order valence-electron chi connectivity index (χ0n) is 35.1. The molecule has 5 heterocycles. The third-order valence-corrected chi connectivity index (χ3v) is 12.3. The largest absolute Gasteiger partial charge is 0.481 e. The van der Waals surface area contributed by atoms with E-state index in [1.165, 1.54) is 36.9 Å². The highest BCUT2D eigenvalue weighted by Crippen LogP contribution is 2.32. The van der Waals surface area contributed by atoms with Crippen LogP contribution in [0.15, 0.2) is 79.0 Å². The molecule has 0 aliphatic carbocycles. The lowest BCUT2D eigenvalue weighted by Crippen LogP contribution is -2.58. The Morgan fingerprint density at radius 1 is 0.900 bits per heavy atom. The Hall–Kier alpha value is -5.53. The first kappa shape index (κ1) is 41.2. The van der Waals surface area contributed by atoms with E-state index in [4.69, 9.17) is 14.5 Å². The monoisotopic (exact) mass is 814 g/mol. The zero-order chi connectivity index (χ0) is 41.6. The van der Waals surface area contributed by atoms with E-state index in [2.05, 4.69) is 86.2 Å². The smallest absolute Gasteiger partial charge is 0.317 e. The normalized spacial score (nSPS) is 19.6. The van der Waals surface area contributed by atoms with Crippen molar-refractivity contribution in [3.8, 4) is 17.0 Å². The Morgan fingerprint density at radius 2 is 1.65 bits per heavy atom. The van der Waals surface area contributed by atoms with Gasteiger partial charge in [-0.3, -0.25) is 14.9 Å². The van der Waals surface area contributed by atoms with Gasteiger partial charge < -0.3 is 34.8 Å². The fraction of sp³-hybridized carbons (Fsp3) is 0.468. The number of carbonyl (C=O) groups is 3. The number of likely N-dealkylation sites (tertiary alicyclic amines) is 2. The minimum atomic E-state index is -0.616. The molecule has 316 valence electrons. The molecule has 1 unspecified atom stereocenters. The molecule has 1 aromatic heterocycles. The van der Waals surface area contributed by atoms with Crippen LogP contribution in [0.25, 0.3) is 11.3 Å². The molecule has 3 N–H and O–H groups in total. The number of hydrogen-bond acceptors (Lipinski definition) is 10. The number of nitrogens with zero attached hydrogens (tertiary/aromatic N) is 5. The quantitative estimate of drug-likeness (QED) is 0.124. The van der Waals surface area contributed by atoms with Crippen molar-refractivity contribution >= 4 is 35.2 Å². The van der Waals surface area contributed by atoms with Gasteiger partial charge in [0.15, 0.2) is 6.10 Å². The summed E-state index contributed by atoms with van der Waals surface area (Å²) in [6.07, 6.45) is 6.88. The van der Waals surface area contributed by atoms with Gasteiger partial charge in [0.05, 0.1) is 31.0 Å². The Balaban J connectivity index is 0.751. The highest BCUT2D eigenvalue weighted by Gasteiger charge is 2.32. The Labute approximate surface area is 353 Å². The van der Waals surface area contributed by atoms with Gasteiger partial charge >= 0.3 is 6.03 Å². The van der Waals surface area contributed by atoms with E-state index in [-0.39, 0.29) is 30.1 Å². The molecule has 4 amide bonds. The molecule has 1 atom stereocenters. The summed E-state index contributed by atoms with van der Waals surface area (Å²) in [6.45, 7) is 13.3. The topological polar surface area (TPSA) is 141 Å². The van der Waals surface area contributed by atoms with Crippen LogP contribution in [0.3, 0.4) is 0 Å². The summed E-state index contributed by atoms with van der Waals surface area (Å²) in [6, 6.07) is 24.8. The van der Waals surface area contributed by atoms with Crippen molar-refractivity contribution in [3.63, 3.8) is 0 Å². The van der Waals surface area contributed by atoms with Crippen LogP contribution < -0.4 is 25.6 Å². The van der Waals surface area contributed by atoms with E-state index < -0.39 is 6.10 Å². The number of benzene rings is 3. The maximum atomic E-state index is 12.6. The second kappa shape index (κ2) is 18.8. The second-order valence-electron chi connectivity index (χ2n) is 17.1. The number of imide groups is 1. The van der Waals surface area contributed by atoms with Gasteiger partial charge in [0.1, 0.15) is 5.75 Å². The average molecular weight is 815 g/mol. The summed E-state index contributed by atoms with van der Waals surface area (Å²) in [5, 5.41) is 8.80. The third-order valence-electron chi connectivity index (χ3n) is 12.3. The minimum absolute atomic E-state index is 0.0594. The van der Waals surface area contributed by atoms with Crippen LogP contribution in [-0.2, 0) is 20.9 Å². The van der Waals surface area contributed by atoms with Gasteiger partial charge in [-0.15, -0.1) is 0 Å². The first-order chi connectivity index (χ1) is 29.1. The predicted octanol–water partition coefficient (Wildman–Crippen LogP) is 6.79. The Morgan fingerprint density at radius 3 is 2.35 bits per heavy atom. The van der Waals surface area contributed by atoms with Crippen LogP contribution in [0.1, 0.15) is 75.0 Å². The Kier molecular flexibility index (Phi) is 12.9. The minimum Gasteiger partial charge on any atom is -0.481 e. The van der Waals surface area contributed by atoms with Crippen molar-refractivity contribution in [2.45, 2.75) is 90.1 Å². The highest BCUT2D eigenvalue weighted by atomic mass is 16.5. The second-order valence-corrected chi connectivity index (χ2v) is 17.1. The van der Waals surface area contributed by atoms with E-state index in [0.717, 1.165) is 60.8 Å². The van der Waals surface area contributed by atoms with Gasteiger partial charge in [0, 0.05) is 62.2 Å². The van der Waals surface area contributed by atoms with Crippen molar-refractivity contribution in [2.75, 3.05) is 56.0 Å². The lowest BCUT2D eigenvalue weighted by atomic mass is 9.88. The molecule has 0 spiro atoms. The van der Waals surface area contributed by atoms with E-state index in [0.29, 0.717) is 56.0 Å². The molecule has 3 aromatic carbocycles. The summed E-state index contributed by atoms with van der Waals surface area (Å²) in [5.74, 6) is 1.88. The molecule has 4 aliphatic rings. The number of piperidine rings is 3. The number of carbonyl (C=O) groups excluding carboxylic acids is 3. The van der Waals surface area contributed by atoms with Gasteiger partial charge in [-0.2, -0.15) is 0 Å². The summed E-state index contributed by atoms with van der Waals surface area (Å²) >= 11 is 0. The van der Waals surface area contributed by atoms with E-state index >= 15 is 0 Å². The molecule has 13 heteroatoms. The van der Waals surface area contributed by atoms with Crippen LogP contribution in [0.4, 0.5) is 22.1 Å². The zero-order valence-corrected chi connectivity index (χ0v) is 35.1. The molecule has 0 bridgehead atoms. The number of nitrogens with one attached hydrogen (secondary N) is 3. The van der Waals surface area contributed by atoms with Gasteiger partial charge in [0.2, 0.25) is 11.9 Å². The summed E-state index contributed by atoms with van der Waals surface area (Å²) in [4.78, 5) is 52.3. The lowest BCUT2D eigenvalue weighted by molar-refractivity contribution is -0.138. The summed E-state index contributed by atoms with van der Waals surface area (Å²) in [5.41, 5.74) is 7.52. The molecule has 4 fully saturated rings. The molecular weight excluding hydrogens is 757 g/mol. The van der Waals surface area contributed by atoms with Gasteiger partial charge in [-0.1, -0.05) is 24.3 Å². The number of aryl methyl sites for hydroxylation is 1. The fourth-order valence-corrected chi connectivity index (χ4v) is 8.83. The van der Waals surface area contributed by atoms with Crippen LogP contribution >= 0.6 is 0 Å². The standard InChI is InChI=1S/C47H58N8O5/c1-31(2)59-41-29-55(30-41)47(58)49-27-37-5-4-36(26-32(37)3)42-16-21-48-46(51-42)50-38-8-6-34(7-9-38)35-19-22-53(23-20-35)28-33-17-24-54(25-18-33)39-10-12-40(13-11-39)60-43-14-15-44(56)52-45(43)57/h4-13,16,21,26,31,33,35,41,43H,14-15,17-20,22-25,27-30H2,1-3H3,(H,49,58)(H,48,50,51)(H,52,56,57). The maximum Gasteiger partial charge on any atom is 0.317 e. The molecule has 4 saturated heterocycles. The highest BCUT2D eigenvalue weighted by molar-refractivity contribution is 5.99. The number of aromatic nitrogens is 2. The van der Waals surface area contributed by atoms with Crippen molar-refractivity contribution in [2.24, 2.45) is 5.92 Å². The molecule has 0 saturated carbocycles. The van der Waals surface area contributed by atoms with Crippen molar-refractivity contribution < 1.29 is 23.9 Å².